The summed E-state index contributed by atoms with van der Waals surface area (Å²) in [5.41, 5.74) is -1.01. The highest BCUT2D eigenvalue weighted by atomic mass is 16.6. The van der Waals surface area contributed by atoms with Crippen molar-refractivity contribution in [2.45, 2.75) is 57.3 Å². The van der Waals surface area contributed by atoms with Crippen molar-refractivity contribution in [1.82, 2.24) is 4.90 Å². The van der Waals surface area contributed by atoms with Gasteiger partial charge in [-0.3, -0.25) is 0 Å². The second-order valence-corrected chi connectivity index (χ2v) is 6.32. The third-order valence-electron chi connectivity index (χ3n) is 3.50. The van der Waals surface area contributed by atoms with E-state index >= 15 is 0 Å². The molecule has 1 spiro atoms. The molecule has 2 aliphatic rings. The van der Waals surface area contributed by atoms with Gasteiger partial charge < -0.3 is 19.5 Å². The maximum Gasteiger partial charge on any atom is 0.410 e. The Bertz CT molecular complexity index is 389. The van der Waals surface area contributed by atoms with Crippen LogP contribution in [-0.2, 0) is 14.3 Å². The molecular weight excluding hydrogens is 250 g/mol. The summed E-state index contributed by atoms with van der Waals surface area (Å²) in [5.74, 6) is -0.924. The van der Waals surface area contributed by atoms with Crippen molar-refractivity contribution >= 4 is 12.1 Å². The van der Waals surface area contributed by atoms with Gasteiger partial charge in [0.15, 0.2) is 6.10 Å². The first kappa shape index (κ1) is 14.1. The Morgan fingerprint density at radius 2 is 2.05 bits per heavy atom. The van der Waals surface area contributed by atoms with Crippen molar-refractivity contribution < 1.29 is 24.2 Å². The van der Waals surface area contributed by atoms with Crippen LogP contribution >= 0.6 is 0 Å². The fraction of sp³-hybridized carbons (Fsp3) is 0.846. The predicted molar refractivity (Wildman–Crippen MR) is 66.9 cm³/mol. The Kier molecular flexibility index (Phi) is 3.47. The van der Waals surface area contributed by atoms with E-state index in [0.717, 1.165) is 0 Å². The van der Waals surface area contributed by atoms with Crippen LogP contribution in [0.1, 0.15) is 40.0 Å². The van der Waals surface area contributed by atoms with Crippen LogP contribution in [0.4, 0.5) is 4.79 Å². The van der Waals surface area contributed by atoms with Gasteiger partial charge in [0.1, 0.15) is 5.60 Å². The molecule has 0 aromatic carbocycles. The lowest BCUT2D eigenvalue weighted by atomic mass is 9.99. The summed E-state index contributed by atoms with van der Waals surface area (Å²) in [6, 6.07) is 0. The highest BCUT2D eigenvalue weighted by Crippen LogP contribution is 2.38. The van der Waals surface area contributed by atoms with Crippen molar-refractivity contribution in [3.8, 4) is 0 Å². The summed E-state index contributed by atoms with van der Waals surface area (Å²) in [4.78, 5) is 24.5. The van der Waals surface area contributed by atoms with Crippen LogP contribution in [0.2, 0.25) is 0 Å². The van der Waals surface area contributed by atoms with Crippen LogP contribution in [0, 0.1) is 0 Å². The van der Waals surface area contributed by atoms with E-state index in [4.69, 9.17) is 14.6 Å². The molecule has 2 atom stereocenters. The van der Waals surface area contributed by atoms with Crippen molar-refractivity contribution in [2.24, 2.45) is 0 Å². The smallest absolute Gasteiger partial charge is 0.410 e. The van der Waals surface area contributed by atoms with Crippen LogP contribution in [-0.4, -0.2) is 52.5 Å². The minimum atomic E-state index is -0.924. The second-order valence-electron chi connectivity index (χ2n) is 6.32. The highest BCUT2D eigenvalue weighted by molar-refractivity contribution is 5.73. The number of carbonyl (C=O) groups excluding carboxylic acids is 1. The maximum absolute atomic E-state index is 11.9. The lowest BCUT2D eigenvalue weighted by Gasteiger charge is -2.26. The summed E-state index contributed by atoms with van der Waals surface area (Å²) in [6.45, 7) is 6.45. The van der Waals surface area contributed by atoms with Gasteiger partial charge in [-0.15, -0.1) is 0 Å². The van der Waals surface area contributed by atoms with Crippen LogP contribution < -0.4 is 0 Å². The molecule has 0 aliphatic carbocycles. The SMILES string of the molecule is CC(C)(C)OC(=O)N1CC[C@@]2(CCC(C(=O)O)O2)C1. The minimum Gasteiger partial charge on any atom is -0.479 e. The van der Waals surface area contributed by atoms with E-state index in [2.05, 4.69) is 0 Å². The largest absolute Gasteiger partial charge is 0.479 e. The molecule has 108 valence electrons. The van der Waals surface area contributed by atoms with E-state index in [-0.39, 0.29) is 6.09 Å². The van der Waals surface area contributed by atoms with E-state index in [1.165, 1.54) is 0 Å². The van der Waals surface area contributed by atoms with E-state index in [9.17, 15) is 9.59 Å². The van der Waals surface area contributed by atoms with Gasteiger partial charge in [-0.25, -0.2) is 9.59 Å². The number of ether oxygens (including phenoxy) is 2. The van der Waals surface area contributed by atoms with Crippen molar-refractivity contribution in [2.75, 3.05) is 13.1 Å². The third-order valence-corrected chi connectivity index (χ3v) is 3.50. The van der Waals surface area contributed by atoms with Crippen molar-refractivity contribution in [3.63, 3.8) is 0 Å². The first-order valence-corrected chi connectivity index (χ1v) is 6.59. The molecule has 0 bridgehead atoms. The molecule has 2 fully saturated rings. The molecule has 6 nitrogen and oxygen atoms in total. The molecular formula is C13H21NO5. The molecule has 2 saturated heterocycles. The van der Waals surface area contributed by atoms with Gasteiger partial charge >= 0.3 is 12.1 Å². The standard InChI is InChI=1S/C13H21NO5/c1-12(2,3)19-11(17)14-7-6-13(8-14)5-4-9(18-13)10(15)16/h9H,4-8H2,1-3H3,(H,15,16)/t9?,13-/m0/s1. The molecule has 0 saturated carbocycles. The van der Waals surface area contributed by atoms with Gasteiger partial charge in [0.05, 0.1) is 12.1 Å². The second kappa shape index (κ2) is 4.67. The molecule has 2 aliphatic heterocycles. The number of rotatable bonds is 1. The summed E-state index contributed by atoms with van der Waals surface area (Å²) >= 11 is 0. The lowest BCUT2D eigenvalue weighted by Crippen LogP contribution is -2.39. The number of hydrogen-bond donors (Lipinski definition) is 1. The fourth-order valence-electron chi connectivity index (χ4n) is 2.61. The Morgan fingerprint density at radius 1 is 1.37 bits per heavy atom. The number of amides is 1. The van der Waals surface area contributed by atoms with Crippen molar-refractivity contribution in [1.29, 1.82) is 0 Å². The summed E-state index contributed by atoms with van der Waals surface area (Å²) in [5, 5.41) is 8.95. The normalized spacial score (nSPS) is 30.9. The summed E-state index contributed by atoms with van der Waals surface area (Å²) in [6.07, 6.45) is 0.780. The summed E-state index contributed by atoms with van der Waals surface area (Å²) in [7, 11) is 0. The van der Waals surface area contributed by atoms with E-state index < -0.39 is 23.3 Å². The van der Waals surface area contributed by atoms with Gasteiger partial charge in [-0.05, 0) is 40.0 Å². The Balaban J connectivity index is 1.93. The zero-order valence-corrected chi connectivity index (χ0v) is 11.6. The molecule has 2 heterocycles. The molecule has 0 aromatic heterocycles. The number of nitrogens with zero attached hydrogens (tertiary/aromatic N) is 1. The predicted octanol–water partition coefficient (Wildman–Crippen LogP) is 1.63. The molecule has 6 heteroatoms. The topological polar surface area (TPSA) is 76.1 Å². The average molecular weight is 271 g/mol. The number of likely N-dealkylation sites (tertiary alicyclic amines) is 1. The highest BCUT2D eigenvalue weighted by Gasteiger charge is 2.49. The maximum atomic E-state index is 11.9. The zero-order valence-electron chi connectivity index (χ0n) is 11.6. The van der Waals surface area contributed by atoms with Crippen LogP contribution in [0.5, 0.6) is 0 Å². The van der Waals surface area contributed by atoms with Crippen LogP contribution in [0.25, 0.3) is 0 Å². The Morgan fingerprint density at radius 3 is 2.58 bits per heavy atom. The zero-order chi connectivity index (χ0) is 14.3. The van der Waals surface area contributed by atoms with Gasteiger partial charge in [-0.1, -0.05) is 0 Å². The minimum absolute atomic E-state index is 0.355. The Labute approximate surface area is 112 Å². The van der Waals surface area contributed by atoms with Crippen molar-refractivity contribution in [3.05, 3.63) is 0 Å². The van der Waals surface area contributed by atoms with Gasteiger partial charge in [0.25, 0.3) is 0 Å². The quantitative estimate of drug-likeness (QED) is 0.784. The lowest BCUT2D eigenvalue weighted by molar-refractivity contribution is -0.153. The Hall–Kier alpha value is -1.30. The van der Waals surface area contributed by atoms with E-state index in [1.54, 1.807) is 4.90 Å². The molecule has 0 radical (unpaired) electrons. The van der Waals surface area contributed by atoms with Gasteiger partial charge in [0.2, 0.25) is 0 Å². The van der Waals surface area contributed by atoms with Gasteiger partial charge in [-0.2, -0.15) is 0 Å². The van der Waals surface area contributed by atoms with E-state index in [1.807, 2.05) is 20.8 Å². The third kappa shape index (κ3) is 3.18. The number of aliphatic carboxylic acids is 1. The number of carbonyl (C=O) groups is 2. The molecule has 2 rings (SSSR count). The van der Waals surface area contributed by atoms with Gasteiger partial charge in [0, 0.05) is 6.54 Å². The first-order valence-electron chi connectivity index (χ1n) is 6.59. The number of carboxylic acids is 1. The number of hydrogen-bond acceptors (Lipinski definition) is 4. The first-order chi connectivity index (χ1) is 8.71. The number of carboxylic acid groups (broad SMARTS) is 1. The molecule has 1 unspecified atom stereocenters. The van der Waals surface area contributed by atoms with E-state index in [0.29, 0.717) is 32.4 Å². The molecule has 19 heavy (non-hydrogen) atoms. The monoisotopic (exact) mass is 271 g/mol. The average Bonchev–Trinajstić information content (AvgIpc) is 2.85. The van der Waals surface area contributed by atoms with Crippen LogP contribution in [0.15, 0.2) is 0 Å². The van der Waals surface area contributed by atoms with Crippen LogP contribution in [0.3, 0.4) is 0 Å². The molecule has 1 amide bonds. The fourth-order valence-corrected chi connectivity index (χ4v) is 2.61. The molecule has 0 aromatic rings. The summed E-state index contributed by atoms with van der Waals surface area (Å²) < 4.78 is 10.9. The molecule has 1 N–H and O–H groups in total.